The van der Waals surface area contributed by atoms with Crippen molar-refractivity contribution in [1.82, 2.24) is 19.9 Å². The topological polar surface area (TPSA) is 71.0 Å². The lowest BCUT2D eigenvalue weighted by Crippen LogP contribution is -2.31. The van der Waals surface area contributed by atoms with Crippen LogP contribution in [0.4, 0.5) is 11.6 Å². The van der Waals surface area contributed by atoms with E-state index in [-0.39, 0.29) is 11.9 Å². The van der Waals surface area contributed by atoms with Crippen LogP contribution in [-0.4, -0.2) is 32.3 Å². The van der Waals surface area contributed by atoms with Crippen LogP contribution < -0.4 is 5.32 Å². The summed E-state index contributed by atoms with van der Waals surface area (Å²) in [5.74, 6) is 2.35. The number of rotatable bonds is 4. The third-order valence-electron chi connectivity index (χ3n) is 4.19. The van der Waals surface area contributed by atoms with Crippen molar-refractivity contribution in [1.29, 1.82) is 0 Å². The number of amides is 1. The van der Waals surface area contributed by atoms with Gasteiger partial charge in [-0.2, -0.15) is 0 Å². The van der Waals surface area contributed by atoms with Crippen LogP contribution in [0.3, 0.4) is 0 Å². The molecule has 1 aliphatic rings. The highest BCUT2D eigenvalue weighted by Crippen LogP contribution is 2.31. The second kappa shape index (κ2) is 6.95. The van der Waals surface area contributed by atoms with Crippen LogP contribution in [-0.2, 0) is 4.79 Å². The Morgan fingerprint density at radius 1 is 1.21 bits per heavy atom. The van der Waals surface area contributed by atoms with E-state index in [1.165, 1.54) is 0 Å². The van der Waals surface area contributed by atoms with Gasteiger partial charge in [-0.15, -0.1) is 0 Å². The third kappa shape index (κ3) is 3.53. The van der Waals surface area contributed by atoms with E-state index in [9.17, 15) is 4.79 Å². The van der Waals surface area contributed by atoms with Crippen molar-refractivity contribution < 1.29 is 4.79 Å². The van der Waals surface area contributed by atoms with Crippen molar-refractivity contribution in [3.63, 3.8) is 0 Å². The molecular weight excluding hydrogens is 302 g/mol. The van der Waals surface area contributed by atoms with Crippen molar-refractivity contribution in [2.75, 3.05) is 11.9 Å². The molecule has 0 bridgehead atoms. The average molecular weight is 325 g/mol. The summed E-state index contributed by atoms with van der Waals surface area (Å²) in [4.78, 5) is 27.7. The number of likely N-dealkylation sites (tertiary alicyclic amines) is 1. The van der Waals surface area contributed by atoms with Crippen molar-refractivity contribution in [3.05, 3.63) is 41.5 Å². The summed E-state index contributed by atoms with van der Waals surface area (Å²) >= 11 is 0. The summed E-state index contributed by atoms with van der Waals surface area (Å²) in [5, 5.41) is 3.24. The third-order valence-corrected chi connectivity index (χ3v) is 4.19. The van der Waals surface area contributed by atoms with E-state index in [4.69, 9.17) is 0 Å². The van der Waals surface area contributed by atoms with Gasteiger partial charge in [0.15, 0.2) is 5.82 Å². The minimum absolute atomic E-state index is 0.0247. The molecule has 24 heavy (non-hydrogen) atoms. The summed E-state index contributed by atoms with van der Waals surface area (Å²) in [6.45, 7) is 6.58. The predicted octanol–water partition coefficient (Wildman–Crippen LogP) is 3.31. The fourth-order valence-electron chi connectivity index (χ4n) is 3.09. The van der Waals surface area contributed by atoms with Gasteiger partial charge in [0.05, 0.1) is 6.04 Å². The summed E-state index contributed by atoms with van der Waals surface area (Å²) in [6.07, 6.45) is 2.42. The molecule has 1 aliphatic heterocycles. The molecule has 1 saturated heterocycles. The van der Waals surface area contributed by atoms with E-state index in [1.807, 2.05) is 49.9 Å². The van der Waals surface area contributed by atoms with Crippen LogP contribution in [0, 0.1) is 13.8 Å². The smallest absolute Gasteiger partial charge is 0.222 e. The quantitative estimate of drug-likeness (QED) is 0.934. The van der Waals surface area contributed by atoms with Crippen molar-refractivity contribution in [3.8, 4) is 0 Å². The SMILES string of the molecule is CCC(=O)N1CCCC1c1nc(C)cc(Nc2cccc(C)n2)n1. The van der Waals surface area contributed by atoms with Crippen LogP contribution >= 0.6 is 0 Å². The highest BCUT2D eigenvalue weighted by atomic mass is 16.2. The standard InChI is InChI=1S/C18H23N5O/c1-4-17(24)23-10-6-8-14(23)18-20-13(3)11-16(22-18)21-15-9-5-7-12(2)19-15/h5,7,9,11,14H,4,6,8,10H2,1-3H3,(H,19,20,21,22). The second-order valence-corrected chi connectivity index (χ2v) is 6.14. The molecule has 2 aromatic heterocycles. The molecule has 126 valence electrons. The molecule has 1 amide bonds. The van der Waals surface area contributed by atoms with Gasteiger partial charge in [-0.3, -0.25) is 4.79 Å². The van der Waals surface area contributed by atoms with E-state index >= 15 is 0 Å². The Morgan fingerprint density at radius 3 is 2.79 bits per heavy atom. The van der Waals surface area contributed by atoms with E-state index in [1.54, 1.807) is 0 Å². The molecule has 1 unspecified atom stereocenters. The first-order chi connectivity index (χ1) is 11.6. The van der Waals surface area contributed by atoms with Gasteiger partial charge in [0, 0.05) is 30.4 Å². The molecule has 6 heteroatoms. The molecule has 3 heterocycles. The number of carbonyl (C=O) groups excluding carboxylic acids is 1. The number of aromatic nitrogens is 3. The zero-order valence-corrected chi connectivity index (χ0v) is 14.4. The zero-order valence-electron chi connectivity index (χ0n) is 14.4. The average Bonchev–Trinajstić information content (AvgIpc) is 3.03. The monoisotopic (exact) mass is 325 g/mol. The number of aryl methyl sites for hydroxylation is 2. The molecule has 3 rings (SSSR count). The summed E-state index contributed by atoms with van der Waals surface area (Å²) in [6, 6.07) is 7.69. The van der Waals surface area contributed by atoms with Gasteiger partial charge in [0.1, 0.15) is 11.6 Å². The maximum Gasteiger partial charge on any atom is 0.222 e. The van der Waals surface area contributed by atoms with Crippen molar-refractivity contribution in [2.45, 2.75) is 46.1 Å². The van der Waals surface area contributed by atoms with E-state index in [0.717, 1.165) is 36.6 Å². The summed E-state index contributed by atoms with van der Waals surface area (Å²) < 4.78 is 0. The zero-order chi connectivity index (χ0) is 17.1. The molecule has 0 spiro atoms. The maximum absolute atomic E-state index is 12.1. The fraction of sp³-hybridized carbons (Fsp3) is 0.444. The van der Waals surface area contributed by atoms with E-state index in [0.29, 0.717) is 18.1 Å². The molecule has 0 aromatic carbocycles. The molecule has 0 aliphatic carbocycles. The first-order valence-corrected chi connectivity index (χ1v) is 8.42. The van der Waals surface area contributed by atoms with E-state index in [2.05, 4.69) is 20.3 Å². The largest absolute Gasteiger partial charge is 0.332 e. The molecule has 6 nitrogen and oxygen atoms in total. The first kappa shape index (κ1) is 16.4. The Bertz CT molecular complexity index is 746. The van der Waals surface area contributed by atoms with Crippen LogP contribution in [0.25, 0.3) is 0 Å². The van der Waals surface area contributed by atoms with Crippen molar-refractivity contribution >= 4 is 17.5 Å². The first-order valence-electron chi connectivity index (χ1n) is 8.42. The Balaban J connectivity index is 1.87. The molecule has 1 atom stereocenters. The number of hydrogen-bond acceptors (Lipinski definition) is 5. The molecule has 0 saturated carbocycles. The lowest BCUT2D eigenvalue weighted by Gasteiger charge is -2.23. The molecule has 1 fully saturated rings. The van der Waals surface area contributed by atoms with Gasteiger partial charge in [-0.25, -0.2) is 15.0 Å². The number of nitrogens with zero attached hydrogens (tertiary/aromatic N) is 4. The van der Waals surface area contributed by atoms with Gasteiger partial charge in [-0.1, -0.05) is 13.0 Å². The fourth-order valence-corrected chi connectivity index (χ4v) is 3.09. The maximum atomic E-state index is 12.1. The highest BCUT2D eigenvalue weighted by Gasteiger charge is 2.31. The molecule has 2 aromatic rings. The van der Waals surface area contributed by atoms with Gasteiger partial charge in [0.25, 0.3) is 0 Å². The van der Waals surface area contributed by atoms with Crippen LogP contribution in [0.1, 0.15) is 49.4 Å². The highest BCUT2D eigenvalue weighted by molar-refractivity contribution is 5.76. The minimum Gasteiger partial charge on any atom is -0.332 e. The Kier molecular flexibility index (Phi) is 4.74. The molecule has 1 N–H and O–H groups in total. The van der Waals surface area contributed by atoms with Crippen LogP contribution in [0.15, 0.2) is 24.3 Å². The number of pyridine rings is 1. The summed E-state index contributed by atoms with van der Waals surface area (Å²) in [5.41, 5.74) is 1.83. The Labute approximate surface area is 142 Å². The lowest BCUT2D eigenvalue weighted by atomic mass is 10.2. The van der Waals surface area contributed by atoms with Gasteiger partial charge in [0.2, 0.25) is 5.91 Å². The van der Waals surface area contributed by atoms with Gasteiger partial charge >= 0.3 is 0 Å². The van der Waals surface area contributed by atoms with Crippen molar-refractivity contribution in [2.24, 2.45) is 0 Å². The van der Waals surface area contributed by atoms with Gasteiger partial charge in [-0.05, 0) is 38.8 Å². The number of anilines is 2. The molecular formula is C18H23N5O. The minimum atomic E-state index is -0.0247. The number of nitrogens with one attached hydrogen (secondary N) is 1. The van der Waals surface area contributed by atoms with Crippen LogP contribution in [0.5, 0.6) is 0 Å². The lowest BCUT2D eigenvalue weighted by molar-refractivity contribution is -0.131. The molecule has 0 radical (unpaired) electrons. The Hall–Kier alpha value is -2.50. The second-order valence-electron chi connectivity index (χ2n) is 6.14. The number of carbonyl (C=O) groups is 1. The summed E-state index contributed by atoms with van der Waals surface area (Å²) in [7, 11) is 0. The number of hydrogen-bond donors (Lipinski definition) is 1. The normalized spacial score (nSPS) is 17.1. The predicted molar refractivity (Wildman–Crippen MR) is 93.0 cm³/mol. The van der Waals surface area contributed by atoms with Gasteiger partial charge < -0.3 is 10.2 Å². The van der Waals surface area contributed by atoms with Crippen LogP contribution in [0.2, 0.25) is 0 Å². The van der Waals surface area contributed by atoms with E-state index < -0.39 is 0 Å². The Morgan fingerprint density at radius 2 is 2.04 bits per heavy atom.